The fraction of sp³-hybridized carbons (Fsp3) is 0.697. The van der Waals surface area contributed by atoms with E-state index in [0.29, 0.717) is 24.1 Å². The highest BCUT2D eigenvalue weighted by molar-refractivity contribution is 5.98. The Morgan fingerprint density at radius 2 is 1.47 bits per heavy atom. The number of ether oxygens (including phenoxy) is 1. The zero-order chi connectivity index (χ0) is 35.7. The zero-order valence-electron chi connectivity index (χ0n) is 29.5. The molecule has 0 saturated heterocycles. The average Bonchev–Trinajstić information content (AvgIpc) is 3.02. The summed E-state index contributed by atoms with van der Waals surface area (Å²) in [5.41, 5.74) is 0.225. The van der Waals surface area contributed by atoms with Gasteiger partial charge in [-0.1, -0.05) is 48.0 Å². The summed E-state index contributed by atoms with van der Waals surface area (Å²) in [6.45, 7) is 15.9. The number of carbonyl (C=O) groups excluding carboxylic acids is 5. The first-order valence-corrected chi connectivity index (χ1v) is 16.6. The van der Waals surface area contributed by atoms with Gasteiger partial charge in [-0.3, -0.25) is 24.0 Å². The highest BCUT2D eigenvalue weighted by atomic mass is 16.5. The van der Waals surface area contributed by atoms with Crippen molar-refractivity contribution in [1.29, 1.82) is 0 Å². The summed E-state index contributed by atoms with van der Waals surface area (Å²) < 4.78 is 5.76. The molecule has 0 bridgehead atoms. The van der Waals surface area contributed by atoms with Gasteiger partial charge in [0.25, 0.3) is 5.91 Å². The van der Waals surface area contributed by atoms with Gasteiger partial charge >= 0.3 is 0 Å². The maximum absolute atomic E-state index is 13.6. The summed E-state index contributed by atoms with van der Waals surface area (Å²) in [7, 11) is 1.50. The van der Waals surface area contributed by atoms with Crippen LogP contribution < -0.4 is 36.6 Å². The van der Waals surface area contributed by atoms with Gasteiger partial charge in [0.05, 0.1) is 11.6 Å². The Balaban J connectivity index is 3.02. The van der Waals surface area contributed by atoms with Crippen LogP contribution >= 0.6 is 0 Å². The molecule has 47 heavy (non-hydrogen) atoms. The van der Waals surface area contributed by atoms with Gasteiger partial charge in [-0.25, -0.2) is 0 Å². The highest BCUT2D eigenvalue weighted by Gasteiger charge is 2.31. The lowest BCUT2D eigenvalue weighted by atomic mass is 9.97. The van der Waals surface area contributed by atoms with Gasteiger partial charge < -0.3 is 41.8 Å². The number of likely N-dealkylation sites (N-methyl/N-ethyl adjacent to an activating group) is 1. The third-order valence-corrected chi connectivity index (χ3v) is 7.85. The van der Waals surface area contributed by atoms with Crippen LogP contribution in [0, 0.1) is 23.0 Å². The van der Waals surface area contributed by atoms with Crippen LogP contribution in [0.3, 0.4) is 0 Å². The van der Waals surface area contributed by atoms with Crippen molar-refractivity contribution >= 4 is 29.5 Å². The van der Waals surface area contributed by atoms with Crippen molar-refractivity contribution in [2.24, 2.45) is 17.8 Å². The van der Waals surface area contributed by atoms with Gasteiger partial charge in [0.2, 0.25) is 23.6 Å². The van der Waals surface area contributed by atoms with E-state index in [1.807, 2.05) is 48.5 Å². The molecule has 1 rings (SSSR count). The van der Waals surface area contributed by atoms with Crippen LogP contribution in [0.15, 0.2) is 24.5 Å². The monoisotopic (exact) mass is 663 g/mol. The lowest BCUT2D eigenvalue weighted by molar-refractivity contribution is -0.605. The lowest BCUT2D eigenvalue weighted by Crippen LogP contribution is -2.58. The SMILES string of the molecule is CCNC(=O)[C@@H](NC(=O)[C@H](C)NC[C@H](CC(C)C)NC(=O)[C@H](CCOC)NC(=O)[C@@H](NC(=O)c1cc[n+]([O-])cc1)[C@@H](C)CC)C(C)C. The van der Waals surface area contributed by atoms with Crippen molar-refractivity contribution in [3.8, 4) is 0 Å². The minimum absolute atomic E-state index is 0.109. The molecule has 0 saturated carbocycles. The predicted molar refractivity (Wildman–Crippen MR) is 179 cm³/mol. The van der Waals surface area contributed by atoms with Crippen molar-refractivity contribution in [2.45, 2.75) is 105 Å². The second-order valence-electron chi connectivity index (χ2n) is 12.7. The standard InChI is InChI=1S/C33H57N7O7/c1-10-22(7)28(39-30(42)24-12-15-40(46)16-13-24)33(45)37-26(14-17-47-9)31(43)36-25(18-20(3)4)19-35-23(8)29(41)38-27(21(5)6)32(44)34-11-2/h12-13,15-16,20-23,25-28,35H,10-11,14,17-19H2,1-9H3,(H,34,44)(H,36,43)(H,37,45)(H,38,41)(H,39,42)/t22-,23-,25-,26-,27-,28-/m0/s1. The number of nitrogens with zero attached hydrogens (tertiary/aromatic N) is 1. The summed E-state index contributed by atoms with van der Waals surface area (Å²) in [6, 6.07) is -0.873. The molecule has 0 aliphatic heterocycles. The molecule has 0 aliphatic carbocycles. The number of methoxy groups -OCH3 is 1. The van der Waals surface area contributed by atoms with Crippen LogP contribution in [-0.2, 0) is 23.9 Å². The molecular weight excluding hydrogens is 606 g/mol. The van der Waals surface area contributed by atoms with Crippen LogP contribution in [0.4, 0.5) is 0 Å². The predicted octanol–water partition coefficient (Wildman–Crippen LogP) is 0.772. The molecule has 1 aromatic rings. The van der Waals surface area contributed by atoms with Crippen LogP contribution in [0.1, 0.15) is 85.0 Å². The van der Waals surface area contributed by atoms with E-state index >= 15 is 0 Å². The quantitative estimate of drug-likeness (QED) is 0.0820. The van der Waals surface area contributed by atoms with Crippen molar-refractivity contribution < 1.29 is 33.4 Å². The number of amides is 5. The third kappa shape index (κ3) is 14.7. The summed E-state index contributed by atoms with van der Waals surface area (Å²) in [5, 5.41) is 28.7. The average molecular weight is 664 g/mol. The second kappa shape index (κ2) is 21.2. The van der Waals surface area contributed by atoms with Crippen LogP contribution in [0.25, 0.3) is 0 Å². The number of carbonyl (C=O) groups is 5. The Morgan fingerprint density at radius 3 is 2.00 bits per heavy atom. The van der Waals surface area contributed by atoms with E-state index < -0.39 is 41.9 Å². The molecule has 0 fully saturated rings. The summed E-state index contributed by atoms with van der Waals surface area (Å²) in [4.78, 5) is 65.4. The van der Waals surface area contributed by atoms with E-state index in [-0.39, 0.29) is 60.7 Å². The van der Waals surface area contributed by atoms with Gasteiger partial charge in [-0.2, -0.15) is 4.73 Å². The molecule has 6 atom stereocenters. The minimum atomic E-state index is -0.957. The highest BCUT2D eigenvalue weighted by Crippen LogP contribution is 2.11. The smallest absolute Gasteiger partial charge is 0.252 e. The maximum Gasteiger partial charge on any atom is 0.252 e. The van der Waals surface area contributed by atoms with Gasteiger partial charge in [-0.15, -0.1) is 0 Å². The number of nitrogens with one attached hydrogen (secondary N) is 6. The molecule has 14 heteroatoms. The molecule has 14 nitrogen and oxygen atoms in total. The van der Waals surface area contributed by atoms with Crippen LogP contribution in [-0.4, -0.2) is 86.6 Å². The molecule has 0 aliphatic rings. The molecule has 0 radical (unpaired) electrons. The van der Waals surface area contributed by atoms with E-state index in [1.54, 1.807) is 6.92 Å². The van der Waals surface area contributed by atoms with Gasteiger partial charge in [0.1, 0.15) is 18.1 Å². The second-order valence-corrected chi connectivity index (χ2v) is 12.7. The Labute approximate surface area is 279 Å². The van der Waals surface area contributed by atoms with Gasteiger partial charge in [0, 0.05) is 45.0 Å². The Hall–Kier alpha value is -3.78. The summed E-state index contributed by atoms with van der Waals surface area (Å²) in [6.07, 6.45) is 3.76. The summed E-state index contributed by atoms with van der Waals surface area (Å²) >= 11 is 0. The molecule has 1 heterocycles. The lowest BCUT2D eigenvalue weighted by Gasteiger charge is -2.29. The Morgan fingerprint density at radius 1 is 0.830 bits per heavy atom. The van der Waals surface area contributed by atoms with Crippen molar-refractivity contribution in [1.82, 2.24) is 31.9 Å². The molecule has 5 amide bonds. The fourth-order valence-corrected chi connectivity index (χ4v) is 4.83. The molecule has 6 N–H and O–H groups in total. The van der Waals surface area contributed by atoms with Crippen LogP contribution in [0.5, 0.6) is 0 Å². The molecule has 1 aromatic heterocycles. The third-order valence-electron chi connectivity index (χ3n) is 7.85. The molecule has 0 unspecified atom stereocenters. The topological polar surface area (TPSA) is 194 Å². The molecular formula is C33H57N7O7. The first kappa shape index (κ1) is 41.2. The minimum Gasteiger partial charge on any atom is -0.619 e. The number of hydrogen-bond acceptors (Lipinski definition) is 8. The summed E-state index contributed by atoms with van der Waals surface area (Å²) in [5.74, 6) is -2.20. The van der Waals surface area contributed by atoms with Crippen LogP contribution in [0.2, 0.25) is 0 Å². The van der Waals surface area contributed by atoms with Crippen molar-refractivity contribution in [2.75, 3.05) is 26.8 Å². The van der Waals surface area contributed by atoms with E-state index in [2.05, 4.69) is 31.9 Å². The van der Waals surface area contributed by atoms with E-state index in [9.17, 15) is 29.2 Å². The van der Waals surface area contributed by atoms with Gasteiger partial charge in [-0.05, 0) is 44.4 Å². The first-order valence-electron chi connectivity index (χ1n) is 16.6. The zero-order valence-corrected chi connectivity index (χ0v) is 29.5. The first-order chi connectivity index (χ1) is 22.1. The van der Waals surface area contributed by atoms with E-state index in [1.165, 1.54) is 31.6 Å². The number of rotatable bonds is 21. The normalized spacial score (nSPS) is 15.1. The maximum atomic E-state index is 13.6. The molecule has 266 valence electrons. The van der Waals surface area contributed by atoms with Crippen molar-refractivity contribution in [3.63, 3.8) is 0 Å². The van der Waals surface area contributed by atoms with E-state index in [4.69, 9.17) is 4.74 Å². The fourth-order valence-electron chi connectivity index (χ4n) is 4.83. The van der Waals surface area contributed by atoms with Gasteiger partial charge in [0.15, 0.2) is 12.4 Å². The number of pyridine rings is 1. The number of aromatic nitrogens is 1. The molecule has 0 aromatic carbocycles. The Kier molecular flexibility index (Phi) is 18.6. The Bertz CT molecular complexity index is 1150. The van der Waals surface area contributed by atoms with Crippen molar-refractivity contribution in [3.05, 3.63) is 35.3 Å². The van der Waals surface area contributed by atoms with E-state index in [0.717, 1.165) is 0 Å². The molecule has 0 spiro atoms. The number of hydrogen-bond donors (Lipinski definition) is 6. The largest absolute Gasteiger partial charge is 0.619 e.